The molecule has 2 heterocycles. The van der Waals surface area contributed by atoms with Crippen LogP contribution in [0.25, 0.3) is 11.1 Å². The van der Waals surface area contributed by atoms with Crippen molar-refractivity contribution in [1.29, 1.82) is 0 Å². The average Bonchev–Trinajstić information content (AvgIpc) is 2.92. The summed E-state index contributed by atoms with van der Waals surface area (Å²) in [6, 6.07) is 8.53. The SMILES string of the molecule is Cc1sc(C(=O)NC2CCNCC2C)cc1-c1ccc(F)cc1.Cl. The number of thiophene rings is 1. The van der Waals surface area contributed by atoms with Crippen molar-refractivity contribution in [3.63, 3.8) is 0 Å². The van der Waals surface area contributed by atoms with E-state index in [9.17, 15) is 9.18 Å². The number of amides is 1. The Labute approximate surface area is 152 Å². The largest absolute Gasteiger partial charge is 0.348 e. The number of aryl methyl sites for hydroxylation is 1. The second-order valence-corrected chi connectivity index (χ2v) is 7.39. The maximum Gasteiger partial charge on any atom is 0.261 e. The van der Waals surface area contributed by atoms with Gasteiger partial charge in [-0.1, -0.05) is 19.1 Å². The molecule has 1 aliphatic heterocycles. The summed E-state index contributed by atoms with van der Waals surface area (Å²) >= 11 is 1.49. The van der Waals surface area contributed by atoms with Gasteiger partial charge in [0.15, 0.2) is 0 Å². The molecule has 24 heavy (non-hydrogen) atoms. The summed E-state index contributed by atoms with van der Waals surface area (Å²) in [5, 5.41) is 6.49. The molecular weight excluding hydrogens is 347 g/mol. The highest BCUT2D eigenvalue weighted by Gasteiger charge is 2.24. The molecule has 0 bridgehead atoms. The van der Waals surface area contributed by atoms with Crippen LogP contribution in [0.5, 0.6) is 0 Å². The molecule has 0 radical (unpaired) electrons. The molecule has 130 valence electrons. The van der Waals surface area contributed by atoms with E-state index >= 15 is 0 Å². The van der Waals surface area contributed by atoms with Gasteiger partial charge in [-0.3, -0.25) is 4.79 Å². The molecule has 2 N–H and O–H groups in total. The van der Waals surface area contributed by atoms with Crippen LogP contribution in [0.4, 0.5) is 4.39 Å². The maximum absolute atomic E-state index is 13.1. The molecule has 3 nitrogen and oxygen atoms in total. The van der Waals surface area contributed by atoms with Crippen molar-refractivity contribution in [1.82, 2.24) is 10.6 Å². The van der Waals surface area contributed by atoms with Gasteiger partial charge in [-0.05, 0) is 61.7 Å². The Kier molecular flexibility index (Phi) is 6.38. The van der Waals surface area contributed by atoms with Crippen LogP contribution in [-0.4, -0.2) is 25.0 Å². The van der Waals surface area contributed by atoms with Crippen LogP contribution < -0.4 is 10.6 Å². The minimum absolute atomic E-state index is 0. The van der Waals surface area contributed by atoms with Gasteiger partial charge in [0, 0.05) is 10.9 Å². The molecule has 0 saturated carbocycles. The molecule has 1 fully saturated rings. The number of nitrogens with one attached hydrogen (secondary N) is 2. The van der Waals surface area contributed by atoms with E-state index < -0.39 is 0 Å². The highest BCUT2D eigenvalue weighted by molar-refractivity contribution is 7.14. The van der Waals surface area contributed by atoms with Gasteiger partial charge in [0.05, 0.1) is 4.88 Å². The third-order valence-electron chi connectivity index (χ3n) is 4.40. The summed E-state index contributed by atoms with van der Waals surface area (Å²) in [5.41, 5.74) is 1.94. The highest BCUT2D eigenvalue weighted by atomic mass is 35.5. The number of hydrogen-bond donors (Lipinski definition) is 2. The van der Waals surface area contributed by atoms with Crippen molar-refractivity contribution >= 4 is 29.7 Å². The third kappa shape index (κ3) is 4.15. The van der Waals surface area contributed by atoms with Gasteiger partial charge in [0.25, 0.3) is 5.91 Å². The molecule has 1 aliphatic rings. The fraction of sp³-hybridized carbons (Fsp3) is 0.389. The lowest BCUT2D eigenvalue weighted by Crippen LogP contribution is -2.48. The minimum Gasteiger partial charge on any atom is -0.348 e. The summed E-state index contributed by atoms with van der Waals surface area (Å²) in [7, 11) is 0. The lowest BCUT2D eigenvalue weighted by Gasteiger charge is -2.30. The first-order valence-electron chi connectivity index (χ1n) is 7.92. The van der Waals surface area contributed by atoms with Crippen molar-refractivity contribution < 1.29 is 9.18 Å². The van der Waals surface area contributed by atoms with E-state index in [1.165, 1.54) is 23.5 Å². The van der Waals surface area contributed by atoms with Crippen molar-refractivity contribution in [3.05, 3.63) is 45.9 Å². The van der Waals surface area contributed by atoms with Gasteiger partial charge < -0.3 is 10.6 Å². The standard InChI is InChI=1S/C18H21FN2OS.ClH/c1-11-10-20-8-7-16(11)21-18(22)17-9-15(12(2)23-17)13-3-5-14(19)6-4-13;/h3-6,9,11,16,20H,7-8,10H2,1-2H3,(H,21,22);1H. The molecule has 0 spiro atoms. The zero-order chi connectivity index (χ0) is 16.4. The lowest BCUT2D eigenvalue weighted by molar-refractivity contribution is 0.0918. The Morgan fingerprint density at radius 1 is 1.33 bits per heavy atom. The molecule has 0 aliphatic carbocycles. The van der Waals surface area contributed by atoms with Gasteiger partial charge in [0.1, 0.15) is 5.82 Å². The van der Waals surface area contributed by atoms with E-state index in [-0.39, 0.29) is 30.2 Å². The highest BCUT2D eigenvalue weighted by Crippen LogP contribution is 2.31. The first kappa shape index (κ1) is 18.9. The summed E-state index contributed by atoms with van der Waals surface area (Å²) in [4.78, 5) is 14.3. The summed E-state index contributed by atoms with van der Waals surface area (Å²) < 4.78 is 13.1. The van der Waals surface area contributed by atoms with Crippen molar-refractivity contribution in [2.24, 2.45) is 5.92 Å². The maximum atomic E-state index is 13.1. The molecule has 1 aromatic heterocycles. The Balaban J connectivity index is 0.00000208. The summed E-state index contributed by atoms with van der Waals surface area (Å²) in [5.74, 6) is 0.176. The van der Waals surface area contributed by atoms with Crippen molar-refractivity contribution in [3.8, 4) is 11.1 Å². The van der Waals surface area contributed by atoms with Gasteiger partial charge >= 0.3 is 0 Å². The van der Waals surface area contributed by atoms with Crippen LogP contribution in [0.15, 0.2) is 30.3 Å². The first-order valence-corrected chi connectivity index (χ1v) is 8.74. The van der Waals surface area contributed by atoms with Crippen molar-refractivity contribution in [2.75, 3.05) is 13.1 Å². The zero-order valence-corrected chi connectivity index (χ0v) is 15.4. The van der Waals surface area contributed by atoms with Crippen LogP contribution in [0.1, 0.15) is 27.9 Å². The van der Waals surface area contributed by atoms with Crippen LogP contribution in [0.2, 0.25) is 0 Å². The molecule has 2 aromatic rings. The van der Waals surface area contributed by atoms with E-state index in [4.69, 9.17) is 0 Å². The molecule has 6 heteroatoms. The van der Waals surface area contributed by atoms with Gasteiger partial charge in [-0.25, -0.2) is 4.39 Å². The minimum atomic E-state index is -0.250. The smallest absolute Gasteiger partial charge is 0.261 e. The Bertz CT molecular complexity index is 702. The van der Waals surface area contributed by atoms with Gasteiger partial charge in [-0.15, -0.1) is 23.7 Å². The van der Waals surface area contributed by atoms with E-state index in [0.29, 0.717) is 10.8 Å². The second kappa shape index (κ2) is 8.10. The normalized spacial score (nSPS) is 20.3. The third-order valence-corrected chi connectivity index (χ3v) is 5.45. The van der Waals surface area contributed by atoms with Gasteiger partial charge in [0.2, 0.25) is 0 Å². The first-order chi connectivity index (χ1) is 11.0. The fourth-order valence-electron chi connectivity index (χ4n) is 2.98. The predicted octanol–water partition coefficient (Wildman–Crippen LogP) is 4.01. The van der Waals surface area contributed by atoms with E-state index in [0.717, 1.165) is 35.5 Å². The van der Waals surface area contributed by atoms with E-state index in [1.54, 1.807) is 12.1 Å². The number of benzene rings is 1. The number of carbonyl (C=O) groups is 1. The predicted molar refractivity (Wildman–Crippen MR) is 99.6 cm³/mol. The fourth-order valence-corrected chi connectivity index (χ4v) is 3.92. The topological polar surface area (TPSA) is 41.1 Å². The van der Waals surface area contributed by atoms with E-state index in [2.05, 4.69) is 17.6 Å². The van der Waals surface area contributed by atoms with Crippen LogP contribution in [-0.2, 0) is 0 Å². The Hall–Kier alpha value is -1.43. The number of carbonyl (C=O) groups excluding carboxylic acids is 1. The monoisotopic (exact) mass is 368 g/mol. The lowest BCUT2D eigenvalue weighted by atomic mass is 9.95. The van der Waals surface area contributed by atoms with Crippen LogP contribution in [0.3, 0.4) is 0 Å². The van der Waals surface area contributed by atoms with Crippen molar-refractivity contribution in [2.45, 2.75) is 26.3 Å². The number of piperidine rings is 1. The number of hydrogen-bond acceptors (Lipinski definition) is 3. The molecule has 1 saturated heterocycles. The van der Waals surface area contributed by atoms with Gasteiger partial charge in [-0.2, -0.15) is 0 Å². The molecule has 2 unspecified atom stereocenters. The molecule has 2 atom stereocenters. The average molecular weight is 369 g/mol. The molecular formula is C18H22ClFN2OS. The Morgan fingerprint density at radius 3 is 2.71 bits per heavy atom. The zero-order valence-electron chi connectivity index (χ0n) is 13.8. The second-order valence-electron chi connectivity index (χ2n) is 6.14. The summed E-state index contributed by atoms with van der Waals surface area (Å²) in [6.07, 6.45) is 0.960. The van der Waals surface area contributed by atoms with E-state index in [1.807, 2.05) is 13.0 Å². The van der Waals surface area contributed by atoms with Crippen LogP contribution in [0, 0.1) is 18.7 Å². The van der Waals surface area contributed by atoms with Crippen LogP contribution >= 0.6 is 23.7 Å². The Morgan fingerprint density at radius 2 is 2.04 bits per heavy atom. The number of halogens is 2. The molecule has 1 amide bonds. The molecule has 1 aromatic carbocycles. The molecule has 3 rings (SSSR count). The summed E-state index contributed by atoms with van der Waals surface area (Å²) in [6.45, 7) is 6.03. The number of rotatable bonds is 3. The quantitative estimate of drug-likeness (QED) is 0.859.